The van der Waals surface area contributed by atoms with Gasteiger partial charge in [0.15, 0.2) is 0 Å². The highest BCUT2D eigenvalue weighted by atomic mass is 32.2. The lowest BCUT2D eigenvalue weighted by molar-refractivity contribution is 0.578. The summed E-state index contributed by atoms with van der Waals surface area (Å²) in [5.41, 5.74) is 8.06. The summed E-state index contributed by atoms with van der Waals surface area (Å²) in [5.74, 6) is 0.386. The maximum atomic E-state index is 11.5. The Labute approximate surface area is 119 Å². The summed E-state index contributed by atoms with van der Waals surface area (Å²) in [6.07, 6.45) is 1.20. The van der Waals surface area contributed by atoms with Gasteiger partial charge in [0.1, 0.15) is 9.84 Å². The van der Waals surface area contributed by atoms with Crippen LogP contribution in [0.15, 0.2) is 24.3 Å². The first kappa shape index (κ1) is 15.0. The number of aromatic nitrogens is 2. The van der Waals surface area contributed by atoms with Crippen molar-refractivity contribution in [2.45, 2.75) is 25.8 Å². The lowest BCUT2D eigenvalue weighted by Crippen LogP contribution is -2.15. The third-order valence-electron chi connectivity index (χ3n) is 3.55. The topological polar surface area (TPSA) is 78.0 Å². The van der Waals surface area contributed by atoms with Crippen LogP contribution in [-0.4, -0.2) is 29.7 Å². The van der Waals surface area contributed by atoms with E-state index in [1.165, 1.54) is 0 Å². The first-order chi connectivity index (χ1) is 9.44. The molecule has 0 amide bonds. The number of nitrogens with zero attached hydrogens (tertiary/aromatic N) is 2. The van der Waals surface area contributed by atoms with Gasteiger partial charge in [-0.2, -0.15) is 5.10 Å². The third kappa shape index (κ3) is 3.19. The van der Waals surface area contributed by atoms with E-state index in [0.29, 0.717) is 12.8 Å². The van der Waals surface area contributed by atoms with Gasteiger partial charge >= 0.3 is 0 Å². The predicted molar refractivity (Wildman–Crippen MR) is 81.2 cm³/mol. The Kier molecular flexibility index (Phi) is 4.45. The van der Waals surface area contributed by atoms with Crippen molar-refractivity contribution in [1.82, 2.24) is 9.78 Å². The van der Waals surface area contributed by atoms with Crippen LogP contribution in [0.4, 0.5) is 0 Å². The third-order valence-corrected chi connectivity index (χ3v) is 5.34. The molecule has 6 heteroatoms. The van der Waals surface area contributed by atoms with E-state index in [0.717, 1.165) is 16.6 Å². The quantitative estimate of drug-likeness (QED) is 0.881. The normalized spacial score (nSPS) is 13.8. The largest absolute Gasteiger partial charge is 0.323 e. The standard InChI is InChI=1S/C14H21N3O2S/c1-3-20(18,19)10-6-8-12(15)14-11-7-4-5-9-13(11)17(2)16-14/h4-5,7,9,12H,3,6,8,10,15H2,1-2H3. The van der Waals surface area contributed by atoms with E-state index in [1.807, 2.05) is 36.0 Å². The molecule has 0 spiro atoms. The summed E-state index contributed by atoms with van der Waals surface area (Å²) in [5, 5.41) is 5.51. The van der Waals surface area contributed by atoms with Gasteiger partial charge in [-0.25, -0.2) is 8.42 Å². The van der Waals surface area contributed by atoms with E-state index in [9.17, 15) is 8.42 Å². The minimum absolute atomic E-state index is 0.189. The SMILES string of the molecule is CCS(=O)(=O)CCCC(N)c1nn(C)c2ccccc12. The van der Waals surface area contributed by atoms with Crippen molar-refractivity contribution in [3.05, 3.63) is 30.0 Å². The molecule has 20 heavy (non-hydrogen) atoms. The average Bonchev–Trinajstić information content (AvgIpc) is 2.77. The van der Waals surface area contributed by atoms with E-state index in [1.54, 1.807) is 6.92 Å². The highest BCUT2D eigenvalue weighted by Gasteiger charge is 2.16. The van der Waals surface area contributed by atoms with Crippen LogP contribution in [0.5, 0.6) is 0 Å². The second kappa shape index (κ2) is 5.93. The molecule has 0 bridgehead atoms. The van der Waals surface area contributed by atoms with Crippen LogP contribution in [0.25, 0.3) is 10.9 Å². The number of aryl methyl sites for hydroxylation is 1. The van der Waals surface area contributed by atoms with Crippen molar-refractivity contribution in [3.63, 3.8) is 0 Å². The number of para-hydroxylation sites is 1. The molecule has 5 nitrogen and oxygen atoms in total. The van der Waals surface area contributed by atoms with Gasteiger partial charge in [0.25, 0.3) is 0 Å². The molecule has 0 saturated carbocycles. The summed E-state index contributed by atoms with van der Waals surface area (Å²) in [6, 6.07) is 7.70. The number of sulfone groups is 1. The number of fused-ring (bicyclic) bond motifs is 1. The van der Waals surface area contributed by atoms with Crippen LogP contribution in [0.1, 0.15) is 31.5 Å². The highest BCUT2D eigenvalue weighted by molar-refractivity contribution is 7.91. The van der Waals surface area contributed by atoms with Gasteiger partial charge < -0.3 is 5.73 Å². The maximum absolute atomic E-state index is 11.5. The maximum Gasteiger partial charge on any atom is 0.150 e. The van der Waals surface area contributed by atoms with E-state index in [4.69, 9.17) is 5.73 Å². The van der Waals surface area contributed by atoms with Gasteiger partial charge in [0.05, 0.1) is 17.0 Å². The number of hydrogen-bond donors (Lipinski definition) is 1. The fourth-order valence-corrected chi connectivity index (χ4v) is 3.22. The molecule has 1 aromatic heterocycles. The summed E-state index contributed by atoms with van der Waals surface area (Å²) in [4.78, 5) is 0. The lowest BCUT2D eigenvalue weighted by atomic mass is 10.1. The van der Waals surface area contributed by atoms with Crippen LogP contribution < -0.4 is 5.73 Å². The molecule has 0 fully saturated rings. The van der Waals surface area contributed by atoms with E-state index in [2.05, 4.69) is 5.10 Å². The van der Waals surface area contributed by atoms with Gasteiger partial charge in [-0.3, -0.25) is 4.68 Å². The second-order valence-corrected chi connectivity index (χ2v) is 7.48. The minimum Gasteiger partial charge on any atom is -0.323 e. The van der Waals surface area contributed by atoms with Gasteiger partial charge in [0.2, 0.25) is 0 Å². The Balaban J connectivity index is 2.10. The van der Waals surface area contributed by atoms with Crippen molar-refractivity contribution in [2.75, 3.05) is 11.5 Å². The van der Waals surface area contributed by atoms with Gasteiger partial charge in [0, 0.05) is 24.2 Å². The molecular weight excluding hydrogens is 274 g/mol. The molecule has 2 N–H and O–H groups in total. The number of nitrogens with two attached hydrogens (primary N) is 1. The van der Waals surface area contributed by atoms with Crippen LogP contribution in [0.3, 0.4) is 0 Å². The zero-order valence-corrected chi connectivity index (χ0v) is 12.7. The highest BCUT2D eigenvalue weighted by Crippen LogP contribution is 2.24. The van der Waals surface area contributed by atoms with Gasteiger partial charge in [-0.15, -0.1) is 0 Å². The molecule has 0 aliphatic heterocycles. The van der Waals surface area contributed by atoms with Crippen molar-refractivity contribution >= 4 is 20.7 Å². The van der Waals surface area contributed by atoms with E-state index < -0.39 is 9.84 Å². The monoisotopic (exact) mass is 295 g/mol. The fraction of sp³-hybridized carbons (Fsp3) is 0.500. The molecule has 0 aliphatic carbocycles. The minimum atomic E-state index is -2.92. The van der Waals surface area contributed by atoms with Crippen molar-refractivity contribution in [3.8, 4) is 0 Å². The molecule has 0 aliphatic rings. The van der Waals surface area contributed by atoms with Crippen LogP contribution in [0.2, 0.25) is 0 Å². The fourth-order valence-electron chi connectivity index (χ4n) is 2.32. The van der Waals surface area contributed by atoms with E-state index >= 15 is 0 Å². The van der Waals surface area contributed by atoms with E-state index in [-0.39, 0.29) is 17.5 Å². The smallest absolute Gasteiger partial charge is 0.150 e. The molecule has 1 aromatic carbocycles. The predicted octanol–water partition coefficient (Wildman–Crippen LogP) is 1.79. The molecule has 1 unspecified atom stereocenters. The van der Waals surface area contributed by atoms with Crippen molar-refractivity contribution < 1.29 is 8.42 Å². The second-order valence-electron chi connectivity index (χ2n) is 5.01. The summed E-state index contributed by atoms with van der Waals surface area (Å²) in [7, 11) is -1.03. The molecule has 0 radical (unpaired) electrons. The summed E-state index contributed by atoms with van der Waals surface area (Å²) >= 11 is 0. The molecule has 1 atom stereocenters. The summed E-state index contributed by atoms with van der Waals surface area (Å²) in [6.45, 7) is 1.67. The molecule has 2 rings (SSSR count). The van der Waals surface area contributed by atoms with Crippen molar-refractivity contribution in [2.24, 2.45) is 12.8 Å². The Bertz CT molecular complexity index is 692. The zero-order chi connectivity index (χ0) is 14.8. The Hall–Kier alpha value is -1.40. The van der Waals surface area contributed by atoms with Gasteiger partial charge in [-0.1, -0.05) is 25.1 Å². The Morgan fingerprint density at radius 2 is 2.05 bits per heavy atom. The zero-order valence-electron chi connectivity index (χ0n) is 11.9. The Morgan fingerprint density at radius 1 is 1.35 bits per heavy atom. The van der Waals surface area contributed by atoms with Crippen LogP contribution in [-0.2, 0) is 16.9 Å². The van der Waals surface area contributed by atoms with Gasteiger partial charge in [-0.05, 0) is 18.9 Å². The number of benzene rings is 1. The average molecular weight is 295 g/mol. The molecule has 0 saturated heterocycles. The molecule has 1 heterocycles. The van der Waals surface area contributed by atoms with Crippen LogP contribution in [0, 0.1) is 0 Å². The number of hydrogen-bond acceptors (Lipinski definition) is 4. The van der Waals surface area contributed by atoms with Crippen LogP contribution >= 0.6 is 0 Å². The molecular formula is C14H21N3O2S. The molecule has 110 valence electrons. The Morgan fingerprint density at radius 3 is 2.75 bits per heavy atom. The van der Waals surface area contributed by atoms with Crippen molar-refractivity contribution in [1.29, 1.82) is 0 Å². The first-order valence-electron chi connectivity index (χ1n) is 6.82. The summed E-state index contributed by atoms with van der Waals surface area (Å²) < 4.78 is 24.8. The molecule has 2 aromatic rings. The lowest BCUT2D eigenvalue weighted by Gasteiger charge is -2.09. The number of rotatable bonds is 6. The first-order valence-corrected chi connectivity index (χ1v) is 8.64.